The fourth-order valence-corrected chi connectivity index (χ4v) is 0.760. The van der Waals surface area contributed by atoms with Crippen molar-refractivity contribution in [2.75, 3.05) is 6.54 Å². The minimum absolute atomic E-state index is 0.0641. The number of rotatable bonds is 4. The van der Waals surface area contributed by atoms with Crippen LogP contribution in [0.3, 0.4) is 0 Å². The van der Waals surface area contributed by atoms with Crippen molar-refractivity contribution < 1.29 is 18.2 Å². The maximum absolute atomic E-state index is 12.1. The first kappa shape index (κ1) is 9.88. The summed E-state index contributed by atoms with van der Waals surface area (Å²) in [7, 11) is -3.39. The van der Waals surface area contributed by atoms with Gasteiger partial charge in [0.25, 0.3) is 0 Å². The summed E-state index contributed by atoms with van der Waals surface area (Å²) in [5, 5.41) is 0. The Kier molecular flexibility index (Phi) is 3.86. The Balaban J connectivity index is 3.75. The molecule has 0 aliphatic carbocycles. The molecule has 0 aromatic heterocycles. The molecule has 0 saturated carbocycles. The van der Waals surface area contributed by atoms with Crippen molar-refractivity contribution in [2.24, 2.45) is 5.73 Å². The molecular weight excluding hydrogens is 163 g/mol. The first-order chi connectivity index (χ1) is 4.50. The van der Waals surface area contributed by atoms with Gasteiger partial charge >= 0.3 is 13.7 Å². The number of halogens is 2. The predicted molar refractivity (Wildman–Crippen MR) is 33.1 cm³/mol. The fraction of sp³-hybridized carbons (Fsp3) is 1.00. The summed E-state index contributed by atoms with van der Waals surface area (Å²) in [6, 6.07) is 0. The van der Waals surface area contributed by atoms with Crippen LogP contribution in [0.1, 0.15) is 12.8 Å². The van der Waals surface area contributed by atoms with E-state index >= 15 is 0 Å². The van der Waals surface area contributed by atoms with Gasteiger partial charge in [0.15, 0.2) is 0 Å². The van der Waals surface area contributed by atoms with Crippen LogP contribution in [0, 0.1) is 0 Å². The Morgan fingerprint density at radius 2 is 2.10 bits per heavy atom. The standard InChI is InChI=1S/C4H8F2NO2P/c5-4(6,10(8)9)2-1-3-7/h1-3,7H2/p+1. The van der Waals surface area contributed by atoms with Crippen molar-refractivity contribution >= 4 is 8.03 Å². The van der Waals surface area contributed by atoms with Gasteiger partial charge in [-0.05, 0) is 17.5 Å². The van der Waals surface area contributed by atoms with Crippen molar-refractivity contribution in [2.45, 2.75) is 18.5 Å². The van der Waals surface area contributed by atoms with Gasteiger partial charge in [0.2, 0.25) is 0 Å². The average Bonchev–Trinajstić information content (AvgIpc) is 1.84. The van der Waals surface area contributed by atoms with Crippen molar-refractivity contribution in [1.82, 2.24) is 0 Å². The molecule has 0 aliphatic heterocycles. The van der Waals surface area contributed by atoms with Crippen LogP contribution < -0.4 is 5.73 Å². The van der Waals surface area contributed by atoms with E-state index in [1.54, 1.807) is 0 Å². The molecule has 0 fully saturated rings. The molecule has 0 radical (unpaired) electrons. The van der Waals surface area contributed by atoms with Crippen LogP contribution in [0.5, 0.6) is 0 Å². The molecule has 1 unspecified atom stereocenters. The lowest BCUT2D eigenvalue weighted by molar-refractivity contribution is 0.0720. The highest BCUT2D eigenvalue weighted by molar-refractivity contribution is 7.39. The third kappa shape index (κ3) is 3.15. The minimum Gasteiger partial charge on any atom is -0.330 e. The maximum Gasteiger partial charge on any atom is 0.583 e. The van der Waals surface area contributed by atoms with Crippen LogP contribution in [0.4, 0.5) is 8.78 Å². The maximum atomic E-state index is 12.1. The molecule has 0 rings (SSSR count). The van der Waals surface area contributed by atoms with Crippen molar-refractivity contribution in [1.29, 1.82) is 0 Å². The monoisotopic (exact) mass is 172 g/mol. The zero-order valence-electron chi connectivity index (χ0n) is 5.26. The second-order valence-corrected chi connectivity index (χ2v) is 3.03. The van der Waals surface area contributed by atoms with E-state index in [2.05, 4.69) is 0 Å². The Morgan fingerprint density at radius 1 is 1.60 bits per heavy atom. The molecular formula is C4H9F2NO2P+. The van der Waals surface area contributed by atoms with E-state index in [1.165, 1.54) is 0 Å². The molecule has 0 heterocycles. The molecule has 0 spiro atoms. The van der Waals surface area contributed by atoms with Crippen LogP contribution in [0.25, 0.3) is 0 Å². The van der Waals surface area contributed by atoms with Crippen molar-refractivity contribution in [3.05, 3.63) is 0 Å². The lowest BCUT2D eigenvalue weighted by atomic mass is 10.3. The van der Waals surface area contributed by atoms with Crippen LogP contribution in [-0.4, -0.2) is 17.1 Å². The average molecular weight is 172 g/mol. The minimum atomic E-state index is -3.46. The molecule has 3 nitrogen and oxygen atoms in total. The number of alkyl halides is 2. The predicted octanol–water partition coefficient (Wildman–Crippen LogP) is 1.05. The largest absolute Gasteiger partial charge is 0.583 e. The summed E-state index contributed by atoms with van der Waals surface area (Å²) < 4.78 is 34.2. The molecule has 10 heavy (non-hydrogen) atoms. The van der Waals surface area contributed by atoms with Crippen molar-refractivity contribution in [3.63, 3.8) is 0 Å². The second kappa shape index (κ2) is 3.91. The highest BCUT2D eigenvalue weighted by Crippen LogP contribution is 2.41. The third-order valence-electron chi connectivity index (χ3n) is 0.962. The van der Waals surface area contributed by atoms with Gasteiger partial charge < -0.3 is 5.73 Å². The van der Waals surface area contributed by atoms with E-state index in [0.29, 0.717) is 0 Å². The number of hydrogen-bond acceptors (Lipinski definition) is 2. The molecule has 6 heteroatoms. The highest BCUT2D eigenvalue weighted by Gasteiger charge is 2.50. The summed E-state index contributed by atoms with van der Waals surface area (Å²) in [5.74, 6) is 0. The third-order valence-corrected chi connectivity index (χ3v) is 1.74. The molecule has 3 N–H and O–H groups in total. The van der Waals surface area contributed by atoms with Gasteiger partial charge in [-0.25, -0.2) is 0 Å². The Labute approximate surface area is 58.1 Å². The number of nitrogens with two attached hydrogens (primary N) is 1. The quantitative estimate of drug-likeness (QED) is 0.623. The smallest absolute Gasteiger partial charge is 0.330 e. The van der Waals surface area contributed by atoms with Gasteiger partial charge in [-0.15, -0.1) is 0 Å². The van der Waals surface area contributed by atoms with Gasteiger partial charge in [-0.2, -0.15) is 13.7 Å². The zero-order valence-corrected chi connectivity index (χ0v) is 6.15. The van der Waals surface area contributed by atoms with E-state index in [1.807, 2.05) is 0 Å². The summed E-state index contributed by atoms with van der Waals surface area (Å²) in [4.78, 5) is 8.03. The van der Waals surface area contributed by atoms with E-state index in [4.69, 9.17) is 10.6 Å². The topological polar surface area (TPSA) is 63.3 Å². The number of hydrogen-bond donors (Lipinski definition) is 2. The van der Waals surface area contributed by atoms with Crippen LogP contribution in [-0.2, 0) is 4.57 Å². The normalized spacial score (nSPS) is 13.4. The van der Waals surface area contributed by atoms with Gasteiger partial charge in [-0.3, -0.25) is 0 Å². The first-order valence-corrected chi connectivity index (χ1v) is 3.96. The van der Waals surface area contributed by atoms with Crippen LogP contribution in [0.15, 0.2) is 0 Å². The molecule has 0 aromatic carbocycles. The molecule has 0 aromatic rings. The molecule has 0 amide bonds. The first-order valence-electron chi connectivity index (χ1n) is 2.75. The van der Waals surface area contributed by atoms with E-state index < -0.39 is 20.1 Å². The van der Waals surface area contributed by atoms with Crippen LogP contribution in [0.2, 0.25) is 0 Å². The summed E-state index contributed by atoms with van der Waals surface area (Å²) in [6.07, 6.45) is -0.552. The highest BCUT2D eigenvalue weighted by atomic mass is 31.1. The SMILES string of the molecule is NCCCC(F)(F)[P+](=O)O. The fourth-order valence-electron chi connectivity index (χ4n) is 0.410. The molecule has 1 atom stereocenters. The van der Waals surface area contributed by atoms with Crippen LogP contribution >= 0.6 is 8.03 Å². The van der Waals surface area contributed by atoms with Crippen molar-refractivity contribution in [3.8, 4) is 0 Å². The van der Waals surface area contributed by atoms with Gasteiger partial charge in [-0.1, -0.05) is 0 Å². The van der Waals surface area contributed by atoms with E-state index in [-0.39, 0.29) is 13.0 Å². The van der Waals surface area contributed by atoms with Gasteiger partial charge in [0.05, 0.1) is 6.42 Å². The second-order valence-electron chi connectivity index (χ2n) is 1.83. The Bertz CT molecular complexity index is 130. The molecule has 0 saturated heterocycles. The van der Waals surface area contributed by atoms with Gasteiger partial charge in [0, 0.05) is 0 Å². The van der Waals surface area contributed by atoms with Gasteiger partial charge in [0.1, 0.15) is 0 Å². The molecule has 60 valence electrons. The lowest BCUT2D eigenvalue weighted by Crippen LogP contribution is -2.12. The Hall–Kier alpha value is -0.120. The zero-order chi connectivity index (χ0) is 8.20. The summed E-state index contributed by atoms with van der Waals surface area (Å²) in [6.45, 7) is 0.110. The Morgan fingerprint density at radius 3 is 2.40 bits per heavy atom. The lowest BCUT2D eigenvalue weighted by Gasteiger charge is -1.99. The molecule has 0 bridgehead atoms. The summed E-state index contributed by atoms with van der Waals surface area (Å²) in [5.41, 5.74) is 1.46. The van der Waals surface area contributed by atoms with E-state index in [0.717, 1.165) is 0 Å². The molecule has 0 aliphatic rings. The summed E-state index contributed by atoms with van der Waals surface area (Å²) >= 11 is 0. The van der Waals surface area contributed by atoms with E-state index in [9.17, 15) is 13.3 Å².